The van der Waals surface area contributed by atoms with Crippen molar-refractivity contribution >= 4 is 17.3 Å². The molecule has 0 fully saturated rings. The number of hydrogen-bond donors (Lipinski definition) is 3. The highest BCUT2D eigenvalue weighted by Gasteiger charge is 2.17. The Morgan fingerprint density at radius 2 is 2.25 bits per heavy atom. The van der Waals surface area contributed by atoms with Crippen LogP contribution in [0, 0.1) is 12.7 Å². The molecule has 104 valence electrons. The minimum absolute atomic E-state index is 0.0633. The van der Waals surface area contributed by atoms with Gasteiger partial charge in [-0.2, -0.15) is 5.10 Å². The SMILES string of the molecule is Cc1[nH]ncc1CNc1cc2c(cc1F)NC(=O)CC2. The number of carbonyl (C=O) groups excluding carboxylic acids is 1. The molecule has 2 heterocycles. The van der Waals surface area contributed by atoms with Crippen molar-refractivity contribution < 1.29 is 9.18 Å². The number of nitrogens with zero attached hydrogens (tertiary/aromatic N) is 1. The number of aromatic amines is 1. The molecule has 5 nitrogen and oxygen atoms in total. The summed E-state index contributed by atoms with van der Waals surface area (Å²) in [6.45, 7) is 2.42. The molecule has 3 rings (SSSR count). The Labute approximate surface area is 115 Å². The Balaban J connectivity index is 1.80. The standard InChI is InChI=1S/C14H15FN4O/c1-8-10(7-17-19-8)6-16-13-4-9-2-3-14(20)18-12(9)5-11(13)15/h4-5,7,16H,2-3,6H2,1H3,(H,17,19)(H,18,20). The van der Waals surface area contributed by atoms with E-state index < -0.39 is 0 Å². The molecule has 20 heavy (non-hydrogen) atoms. The van der Waals surface area contributed by atoms with E-state index in [-0.39, 0.29) is 11.7 Å². The van der Waals surface area contributed by atoms with Crippen molar-refractivity contribution in [1.82, 2.24) is 10.2 Å². The van der Waals surface area contributed by atoms with Crippen molar-refractivity contribution in [3.8, 4) is 0 Å². The third-order valence-corrected chi connectivity index (χ3v) is 3.49. The lowest BCUT2D eigenvalue weighted by Gasteiger charge is -2.18. The van der Waals surface area contributed by atoms with Gasteiger partial charge in [-0.05, 0) is 31.0 Å². The molecule has 0 bridgehead atoms. The molecule has 2 aromatic rings. The monoisotopic (exact) mass is 274 g/mol. The molecule has 0 atom stereocenters. The van der Waals surface area contributed by atoms with Gasteiger partial charge in [0.1, 0.15) is 5.82 Å². The van der Waals surface area contributed by atoms with Crippen LogP contribution in [0.25, 0.3) is 0 Å². The fourth-order valence-electron chi connectivity index (χ4n) is 2.28. The fraction of sp³-hybridized carbons (Fsp3) is 0.286. The van der Waals surface area contributed by atoms with Gasteiger partial charge in [0.15, 0.2) is 0 Å². The third-order valence-electron chi connectivity index (χ3n) is 3.49. The van der Waals surface area contributed by atoms with Crippen LogP contribution in [0.2, 0.25) is 0 Å². The van der Waals surface area contributed by atoms with E-state index in [2.05, 4.69) is 20.8 Å². The molecule has 0 saturated carbocycles. The molecule has 0 aliphatic carbocycles. The van der Waals surface area contributed by atoms with E-state index in [9.17, 15) is 9.18 Å². The summed E-state index contributed by atoms with van der Waals surface area (Å²) in [5.74, 6) is -0.432. The molecule has 1 aromatic heterocycles. The molecule has 1 aliphatic rings. The molecule has 0 unspecified atom stereocenters. The van der Waals surface area contributed by atoms with E-state index in [1.165, 1.54) is 6.07 Å². The van der Waals surface area contributed by atoms with Crippen LogP contribution in [0.15, 0.2) is 18.3 Å². The van der Waals surface area contributed by atoms with Crippen LogP contribution in [-0.4, -0.2) is 16.1 Å². The van der Waals surface area contributed by atoms with E-state index in [0.717, 1.165) is 16.8 Å². The number of nitrogens with one attached hydrogen (secondary N) is 3. The number of rotatable bonds is 3. The summed E-state index contributed by atoms with van der Waals surface area (Å²) >= 11 is 0. The first-order chi connectivity index (χ1) is 9.63. The quantitative estimate of drug-likeness (QED) is 0.804. The van der Waals surface area contributed by atoms with Gasteiger partial charge in [0.05, 0.1) is 11.9 Å². The second kappa shape index (κ2) is 4.96. The number of hydrogen-bond acceptors (Lipinski definition) is 3. The average Bonchev–Trinajstić information content (AvgIpc) is 2.82. The van der Waals surface area contributed by atoms with E-state index >= 15 is 0 Å². The summed E-state index contributed by atoms with van der Waals surface area (Å²) in [5, 5.41) is 12.5. The molecular formula is C14H15FN4O. The summed E-state index contributed by atoms with van der Waals surface area (Å²) in [7, 11) is 0. The lowest BCUT2D eigenvalue weighted by Crippen LogP contribution is -2.19. The Morgan fingerprint density at radius 3 is 3.00 bits per heavy atom. The molecule has 1 aliphatic heterocycles. The number of amides is 1. The predicted molar refractivity (Wildman–Crippen MR) is 74.0 cm³/mol. The summed E-state index contributed by atoms with van der Waals surface area (Å²) in [5.41, 5.74) is 3.93. The van der Waals surface area contributed by atoms with E-state index in [4.69, 9.17) is 0 Å². The van der Waals surface area contributed by atoms with Crippen LogP contribution < -0.4 is 10.6 Å². The Hall–Kier alpha value is -2.37. The van der Waals surface area contributed by atoms with Crippen LogP contribution in [0.5, 0.6) is 0 Å². The van der Waals surface area contributed by atoms with Crippen molar-refractivity contribution in [2.24, 2.45) is 0 Å². The highest BCUT2D eigenvalue weighted by atomic mass is 19.1. The van der Waals surface area contributed by atoms with Gasteiger partial charge in [-0.25, -0.2) is 4.39 Å². The molecule has 3 N–H and O–H groups in total. The third kappa shape index (κ3) is 2.36. The Bertz CT molecular complexity index is 665. The summed E-state index contributed by atoms with van der Waals surface area (Å²) < 4.78 is 14.0. The zero-order valence-corrected chi connectivity index (χ0v) is 11.1. The van der Waals surface area contributed by atoms with Crippen LogP contribution in [0.4, 0.5) is 15.8 Å². The number of carbonyl (C=O) groups is 1. The highest BCUT2D eigenvalue weighted by molar-refractivity contribution is 5.94. The summed E-state index contributed by atoms with van der Waals surface area (Å²) in [6, 6.07) is 3.14. The van der Waals surface area contributed by atoms with Gasteiger partial charge in [0.2, 0.25) is 5.91 Å². The number of aryl methyl sites for hydroxylation is 2. The molecule has 6 heteroatoms. The summed E-state index contributed by atoms with van der Waals surface area (Å²) in [4.78, 5) is 11.3. The van der Waals surface area contributed by atoms with Crippen molar-refractivity contribution in [2.75, 3.05) is 10.6 Å². The minimum atomic E-state index is -0.368. The normalized spacial score (nSPS) is 13.8. The van der Waals surface area contributed by atoms with Gasteiger partial charge in [-0.3, -0.25) is 9.89 Å². The molecular weight excluding hydrogens is 259 g/mol. The smallest absolute Gasteiger partial charge is 0.224 e. The predicted octanol–water partition coefficient (Wildman–Crippen LogP) is 2.35. The van der Waals surface area contributed by atoms with Gasteiger partial charge in [0, 0.05) is 29.9 Å². The molecule has 1 amide bonds. The van der Waals surface area contributed by atoms with E-state index in [0.29, 0.717) is 30.8 Å². The van der Waals surface area contributed by atoms with Gasteiger partial charge in [-0.15, -0.1) is 0 Å². The fourth-order valence-corrected chi connectivity index (χ4v) is 2.28. The van der Waals surface area contributed by atoms with Crippen molar-refractivity contribution in [1.29, 1.82) is 0 Å². The molecule has 0 spiro atoms. The maximum atomic E-state index is 14.0. The molecule has 0 saturated heterocycles. The molecule has 0 radical (unpaired) electrons. The van der Waals surface area contributed by atoms with Crippen LogP contribution in [0.1, 0.15) is 23.2 Å². The first kappa shape index (κ1) is 12.7. The topological polar surface area (TPSA) is 69.8 Å². The van der Waals surface area contributed by atoms with Gasteiger partial charge in [-0.1, -0.05) is 0 Å². The molecule has 1 aromatic carbocycles. The second-order valence-corrected chi connectivity index (χ2v) is 4.91. The van der Waals surface area contributed by atoms with E-state index in [1.54, 1.807) is 12.3 Å². The zero-order chi connectivity index (χ0) is 14.1. The van der Waals surface area contributed by atoms with Gasteiger partial charge >= 0.3 is 0 Å². The first-order valence-electron chi connectivity index (χ1n) is 6.48. The van der Waals surface area contributed by atoms with Crippen molar-refractivity contribution in [3.05, 3.63) is 41.0 Å². The lowest BCUT2D eigenvalue weighted by molar-refractivity contribution is -0.116. The summed E-state index contributed by atoms with van der Waals surface area (Å²) in [6.07, 6.45) is 2.80. The maximum Gasteiger partial charge on any atom is 0.224 e. The zero-order valence-electron chi connectivity index (χ0n) is 11.1. The van der Waals surface area contributed by atoms with Gasteiger partial charge in [0.25, 0.3) is 0 Å². The highest BCUT2D eigenvalue weighted by Crippen LogP contribution is 2.28. The Morgan fingerprint density at radius 1 is 1.40 bits per heavy atom. The Kier molecular flexibility index (Phi) is 3.14. The number of benzene rings is 1. The van der Waals surface area contributed by atoms with Crippen LogP contribution >= 0.6 is 0 Å². The maximum absolute atomic E-state index is 14.0. The van der Waals surface area contributed by atoms with Crippen LogP contribution in [0.3, 0.4) is 0 Å². The van der Waals surface area contributed by atoms with Crippen molar-refractivity contribution in [3.63, 3.8) is 0 Å². The number of anilines is 2. The lowest BCUT2D eigenvalue weighted by atomic mass is 10.0. The largest absolute Gasteiger partial charge is 0.378 e. The average molecular weight is 274 g/mol. The number of H-pyrrole nitrogens is 1. The minimum Gasteiger partial charge on any atom is -0.378 e. The van der Waals surface area contributed by atoms with Crippen molar-refractivity contribution in [2.45, 2.75) is 26.3 Å². The van der Waals surface area contributed by atoms with Gasteiger partial charge < -0.3 is 10.6 Å². The first-order valence-corrected chi connectivity index (χ1v) is 6.48. The van der Waals surface area contributed by atoms with E-state index in [1.807, 2.05) is 6.92 Å². The second-order valence-electron chi connectivity index (χ2n) is 4.91. The number of aromatic nitrogens is 2. The number of fused-ring (bicyclic) bond motifs is 1. The number of halogens is 1. The van der Waals surface area contributed by atoms with Crippen LogP contribution in [-0.2, 0) is 17.8 Å².